The second-order valence-electron chi connectivity index (χ2n) is 5.75. The van der Waals surface area contributed by atoms with Crippen molar-refractivity contribution >= 4 is 5.97 Å². The first-order valence-electron chi connectivity index (χ1n) is 7.19. The molecule has 0 fully saturated rings. The minimum absolute atomic E-state index is 0.0385. The lowest BCUT2D eigenvalue weighted by Crippen LogP contribution is -2.31. The SMILES string of the molecule is Cc1nc(=O)n(C(C)CCN(C)C)c(C)c1CCC(=O)O. The van der Waals surface area contributed by atoms with E-state index in [1.807, 2.05) is 27.9 Å². The first-order chi connectivity index (χ1) is 9.73. The van der Waals surface area contributed by atoms with Gasteiger partial charge in [0.25, 0.3) is 0 Å². The molecule has 0 amide bonds. The smallest absolute Gasteiger partial charge is 0.348 e. The number of nitrogens with zero attached hydrogens (tertiary/aromatic N) is 3. The maximum atomic E-state index is 12.2. The average Bonchev–Trinajstić information content (AvgIpc) is 2.35. The zero-order chi connectivity index (χ0) is 16.2. The number of aliphatic carboxylic acids is 1. The van der Waals surface area contributed by atoms with E-state index in [1.54, 1.807) is 11.5 Å². The second kappa shape index (κ2) is 7.36. The molecule has 1 unspecified atom stereocenters. The summed E-state index contributed by atoms with van der Waals surface area (Å²) in [6.07, 6.45) is 1.30. The number of carbonyl (C=O) groups is 1. The third-order valence-corrected chi connectivity index (χ3v) is 3.73. The highest BCUT2D eigenvalue weighted by atomic mass is 16.4. The quantitative estimate of drug-likeness (QED) is 0.822. The molecule has 0 spiro atoms. The molecule has 1 aromatic rings. The molecule has 6 heteroatoms. The Morgan fingerprint density at radius 3 is 2.52 bits per heavy atom. The maximum absolute atomic E-state index is 12.2. The lowest BCUT2D eigenvalue weighted by atomic mass is 10.1. The highest BCUT2D eigenvalue weighted by Gasteiger charge is 2.16. The van der Waals surface area contributed by atoms with E-state index >= 15 is 0 Å². The number of carboxylic acids is 1. The molecule has 1 aromatic heterocycles. The Balaban J connectivity index is 3.11. The summed E-state index contributed by atoms with van der Waals surface area (Å²) in [6.45, 7) is 6.51. The number of hydrogen-bond donors (Lipinski definition) is 1. The van der Waals surface area contributed by atoms with Gasteiger partial charge in [0.1, 0.15) is 0 Å². The van der Waals surface area contributed by atoms with Gasteiger partial charge in [-0.25, -0.2) is 4.79 Å². The van der Waals surface area contributed by atoms with E-state index in [9.17, 15) is 9.59 Å². The normalized spacial score (nSPS) is 12.7. The summed E-state index contributed by atoms with van der Waals surface area (Å²) in [6, 6.07) is 0.0385. The van der Waals surface area contributed by atoms with E-state index in [2.05, 4.69) is 9.88 Å². The lowest BCUT2D eigenvalue weighted by molar-refractivity contribution is -0.136. The Morgan fingerprint density at radius 2 is 2.00 bits per heavy atom. The summed E-state index contributed by atoms with van der Waals surface area (Å²) in [5, 5.41) is 8.84. The highest BCUT2D eigenvalue weighted by molar-refractivity contribution is 5.67. The van der Waals surface area contributed by atoms with Gasteiger partial charge in [-0.1, -0.05) is 0 Å². The monoisotopic (exact) mass is 295 g/mol. The minimum Gasteiger partial charge on any atom is -0.481 e. The Labute approximate surface area is 125 Å². The van der Waals surface area contributed by atoms with E-state index in [-0.39, 0.29) is 18.2 Å². The molecule has 0 aliphatic heterocycles. The predicted molar refractivity (Wildman–Crippen MR) is 81.8 cm³/mol. The molecule has 1 N–H and O–H groups in total. The Morgan fingerprint density at radius 1 is 1.38 bits per heavy atom. The largest absolute Gasteiger partial charge is 0.481 e. The summed E-state index contributed by atoms with van der Waals surface area (Å²) in [5.41, 5.74) is 2.08. The van der Waals surface area contributed by atoms with E-state index in [1.165, 1.54) is 0 Å². The molecule has 1 atom stereocenters. The van der Waals surface area contributed by atoms with Crippen LogP contribution in [0.2, 0.25) is 0 Å². The number of carboxylic acid groups (broad SMARTS) is 1. The van der Waals surface area contributed by atoms with Crippen LogP contribution in [0.4, 0.5) is 0 Å². The van der Waals surface area contributed by atoms with E-state index < -0.39 is 5.97 Å². The van der Waals surface area contributed by atoms with Gasteiger partial charge in [0.2, 0.25) is 0 Å². The van der Waals surface area contributed by atoms with Gasteiger partial charge < -0.3 is 10.0 Å². The molecule has 118 valence electrons. The van der Waals surface area contributed by atoms with Crippen LogP contribution in [0.3, 0.4) is 0 Å². The van der Waals surface area contributed by atoms with Crippen LogP contribution in [0.25, 0.3) is 0 Å². The molecule has 0 radical (unpaired) electrons. The fourth-order valence-electron chi connectivity index (χ4n) is 2.50. The van der Waals surface area contributed by atoms with Gasteiger partial charge in [0.05, 0.1) is 0 Å². The molecule has 6 nitrogen and oxygen atoms in total. The van der Waals surface area contributed by atoms with Gasteiger partial charge in [-0.05, 0) is 59.8 Å². The molecule has 0 aliphatic carbocycles. The van der Waals surface area contributed by atoms with Crippen LogP contribution >= 0.6 is 0 Å². The first-order valence-corrected chi connectivity index (χ1v) is 7.19. The van der Waals surface area contributed by atoms with Gasteiger partial charge in [0, 0.05) is 23.9 Å². The van der Waals surface area contributed by atoms with Crippen LogP contribution in [0.15, 0.2) is 4.79 Å². The Bertz CT molecular complexity index is 564. The zero-order valence-corrected chi connectivity index (χ0v) is 13.5. The maximum Gasteiger partial charge on any atom is 0.348 e. The molecule has 21 heavy (non-hydrogen) atoms. The van der Waals surface area contributed by atoms with Gasteiger partial charge in [-0.2, -0.15) is 4.98 Å². The Hall–Kier alpha value is -1.69. The van der Waals surface area contributed by atoms with Crippen molar-refractivity contribution < 1.29 is 9.90 Å². The van der Waals surface area contributed by atoms with Crippen molar-refractivity contribution in [2.45, 2.75) is 46.1 Å². The van der Waals surface area contributed by atoms with E-state index in [4.69, 9.17) is 5.11 Å². The van der Waals surface area contributed by atoms with Gasteiger partial charge in [-0.15, -0.1) is 0 Å². The number of hydrogen-bond acceptors (Lipinski definition) is 4. The van der Waals surface area contributed by atoms with Crippen LogP contribution in [-0.2, 0) is 11.2 Å². The standard InChI is InChI=1S/C15H25N3O3/c1-10(8-9-17(4)5)18-12(3)13(6-7-14(19)20)11(2)16-15(18)21/h10H,6-9H2,1-5H3,(H,19,20). The number of aromatic nitrogens is 2. The molecule has 0 saturated heterocycles. The molecular formula is C15H25N3O3. The van der Waals surface area contributed by atoms with Gasteiger partial charge in [0.15, 0.2) is 0 Å². The number of rotatable bonds is 7. The van der Waals surface area contributed by atoms with Crippen molar-refractivity contribution in [3.05, 3.63) is 27.4 Å². The molecule has 0 aliphatic rings. The van der Waals surface area contributed by atoms with Gasteiger partial charge >= 0.3 is 11.7 Å². The van der Waals surface area contributed by atoms with Crippen LogP contribution in [0.1, 0.15) is 42.8 Å². The molecule has 0 bridgehead atoms. The summed E-state index contributed by atoms with van der Waals surface area (Å²) in [4.78, 5) is 29.1. The lowest BCUT2D eigenvalue weighted by Gasteiger charge is -2.22. The van der Waals surface area contributed by atoms with Crippen molar-refractivity contribution in [3.8, 4) is 0 Å². The van der Waals surface area contributed by atoms with Crippen LogP contribution in [0, 0.1) is 13.8 Å². The minimum atomic E-state index is -0.841. The van der Waals surface area contributed by atoms with Crippen LogP contribution in [0.5, 0.6) is 0 Å². The first kappa shape index (κ1) is 17.4. The average molecular weight is 295 g/mol. The topological polar surface area (TPSA) is 75.4 Å². The van der Waals surface area contributed by atoms with E-state index in [0.29, 0.717) is 12.1 Å². The third kappa shape index (κ3) is 4.67. The Kier molecular flexibility index (Phi) is 6.08. The third-order valence-electron chi connectivity index (χ3n) is 3.73. The fourth-order valence-corrected chi connectivity index (χ4v) is 2.50. The van der Waals surface area contributed by atoms with Gasteiger partial charge in [-0.3, -0.25) is 9.36 Å². The fraction of sp³-hybridized carbons (Fsp3) is 0.667. The van der Waals surface area contributed by atoms with Crippen molar-refractivity contribution in [1.82, 2.24) is 14.5 Å². The summed E-state index contributed by atoms with van der Waals surface area (Å²) in [7, 11) is 3.99. The molecular weight excluding hydrogens is 270 g/mol. The molecule has 1 heterocycles. The highest BCUT2D eigenvalue weighted by Crippen LogP contribution is 2.17. The summed E-state index contributed by atoms with van der Waals surface area (Å²) >= 11 is 0. The molecule has 0 aromatic carbocycles. The van der Waals surface area contributed by atoms with Crippen molar-refractivity contribution in [1.29, 1.82) is 0 Å². The zero-order valence-electron chi connectivity index (χ0n) is 13.5. The molecule has 1 rings (SSSR count). The summed E-state index contributed by atoms with van der Waals surface area (Å²) in [5.74, 6) is -0.841. The molecule has 0 saturated carbocycles. The predicted octanol–water partition coefficient (Wildman–Crippen LogP) is 1.39. The second-order valence-corrected chi connectivity index (χ2v) is 5.75. The van der Waals surface area contributed by atoms with Crippen LogP contribution in [-0.4, -0.2) is 46.2 Å². The van der Waals surface area contributed by atoms with E-state index in [0.717, 1.165) is 24.2 Å². The van der Waals surface area contributed by atoms with Crippen molar-refractivity contribution in [2.75, 3.05) is 20.6 Å². The number of aryl methyl sites for hydroxylation is 1. The summed E-state index contributed by atoms with van der Waals surface area (Å²) < 4.78 is 1.69. The van der Waals surface area contributed by atoms with Crippen molar-refractivity contribution in [3.63, 3.8) is 0 Å². The van der Waals surface area contributed by atoms with Crippen molar-refractivity contribution in [2.24, 2.45) is 0 Å². The van der Waals surface area contributed by atoms with Crippen LogP contribution < -0.4 is 5.69 Å².